The van der Waals surface area contributed by atoms with Gasteiger partial charge >= 0.3 is 5.97 Å². The summed E-state index contributed by atoms with van der Waals surface area (Å²) in [4.78, 5) is 11.6. The fourth-order valence-corrected chi connectivity index (χ4v) is 9.40. The van der Waals surface area contributed by atoms with Crippen molar-refractivity contribution in [2.75, 3.05) is 6.61 Å². The van der Waals surface area contributed by atoms with Gasteiger partial charge < -0.3 is 34.6 Å². The number of fused-ring (bicyclic) bond motifs is 5. The lowest BCUT2D eigenvalue weighted by Crippen LogP contribution is -2.61. The van der Waals surface area contributed by atoms with Crippen LogP contribution in [0.2, 0.25) is 0 Å². The molecule has 4 fully saturated rings. The fraction of sp³-hybridized carbons (Fsp3) is 0.833. The first-order chi connectivity index (χ1) is 18.0. The molecule has 4 N–H and O–H groups in total. The summed E-state index contributed by atoms with van der Waals surface area (Å²) < 4.78 is 17.2. The molecule has 0 bridgehead atoms. The number of carbonyl (C=O) groups excluding carboxylic acids is 1. The van der Waals surface area contributed by atoms with E-state index in [4.69, 9.17) is 14.2 Å². The van der Waals surface area contributed by atoms with E-state index in [9.17, 15) is 25.2 Å². The molecule has 4 aliphatic carbocycles. The van der Waals surface area contributed by atoms with Crippen LogP contribution < -0.4 is 0 Å². The van der Waals surface area contributed by atoms with Gasteiger partial charge in [0, 0.05) is 5.41 Å². The number of allylic oxidation sites excluding steroid dienone is 1. The van der Waals surface area contributed by atoms with Crippen LogP contribution in [0.5, 0.6) is 0 Å². The van der Waals surface area contributed by atoms with Gasteiger partial charge in [0.2, 0.25) is 0 Å². The summed E-state index contributed by atoms with van der Waals surface area (Å²) in [7, 11) is 0. The lowest BCUT2D eigenvalue weighted by Gasteiger charge is -2.62. The number of hydrogen-bond donors (Lipinski definition) is 4. The monoisotopic (exact) mass is 532 g/mol. The van der Waals surface area contributed by atoms with Gasteiger partial charge in [-0.25, -0.2) is 0 Å². The van der Waals surface area contributed by atoms with Crippen molar-refractivity contribution in [2.45, 2.75) is 121 Å². The first kappa shape index (κ1) is 26.9. The summed E-state index contributed by atoms with van der Waals surface area (Å²) in [5.41, 5.74) is 1.63. The Kier molecular flexibility index (Phi) is 6.64. The van der Waals surface area contributed by atoms with E-state index in [0.29, 0.717) is 18.9 Å². The number of hydrogen-bond acceptors (Lipinski definition) is 8. The number of carbonyl (C=O) groups is 1. The third-order valence-corrected chi connectivity index (χ3v) is 11.8. The van der Waals surface area contributed by atoms with E-state index in [1.807, 2.05) is 0 Å². The molecule has 1 saturated heterocycles. The zero-order valence-corrected chi connectivity index (χ0v) is 22.8. The average Bonchev–Trinajstić information content (AvgIpc) is 3.18. The topological polar surface area (TPSA) is 126 Å². The normalized spacial score (nSPS) is 52.7. The molecule has 2 heterocycles. The van der Waals surface area contributed by atoms with Crippen LogP contribution in [-0.2, 0) is 19.0 Å². The second-order valence-corrected chi connectivity index (χ2v) is 13.4. The lowest BCUT2D eigenvalue weighted by atomic mass is 9.45. The zero-order chi connectivity index (χ0) is 27.0. The molecule has 0 aromatic rings. The highest BCUT2D eigenvalue weighted by atomic mass is 16.7. The van der Waals surface area contributed by atoms with Crippen LogP contribution in [-0.4, -0.2) is 75.4 Å². The van der Waals surface area contributed by atoms with E-state index in [-0.39, 0.29) is 34.7 Å². The van der Waals surface area contributed by atoms with Gasteiger partial charge in [-0.1, -0.05) is 31.6 Å². The Balaban J connectivity index is 1.20. The molecular weight excluding hydrogens is 488 g/mol. The fourth-order valence-electron chi connectivity index (χ4n) is 9.40. The minimum Gasteiger partial charge on any atom is -0.461 e. The Morgan fingerprint density at radius 3 is 2.50 bits per heavy atom. The Hall–Kier alpha value is -1.29. The summed E-state index contributed by atoms with van der Waals surface area (Å²) in [5, 5.41) is 43.0. The molecule has 0 amide bonds. The molecule has 6 rings (SSSR count). The molecule has 0 aromatic carbocycles. The molecule has 0 unspecified atom stereocenters. The number of aliphatic hydroxyl groups is 4. The maximum absolute atomic E-state index is 12.4. The predicted molar refractivity (Wildman–Crippen MR) is 138 cm³/mol. The molecule has 2 aliphatic heterocycles. The minimum atomic E-state index is -1.30. The number of rotatable bonds is 3. The van der Waals surface area contributed by atoms with Gasteiger partial charge in [-0.2, -0.15) is 0 Å². The van der Waals surface area contributed by atoms with Crippen molar-refractivity contribution in [1.29, 1.82) is 0 Å². The predicted octanol–water partition coefficient (Wildman–Crippen LogP) is 2.77. The first-order valence-corrected chi connectivity index (χ1v) is 14.6. The van der Waals surface area contributed by atoms with Crippen molar-refractivity contribution in [2.24, 2.45) is 28.6 Å². The van der Waals surface area contributed by atoms with Gasteiger partial charge in [0.1, 0.15) is 24.9 Å². The summed E-state index contributed by atoms with van der Waals surface area (Å²) in [5.74, 6) is 0.724. The second kappa shape index (κ2) is 9.38. The lowest BCUT2D eigenvalue weighted by molar-refractivity contribution is -0.301. The van der Waals surface area contributed by atoms with Crippen LogP contribution in [0.4, 0.5) is 0 Å². The maximum atomic E-state index is 12.4. The number of ether oxygens (including phenoxy) is 3. The molecule has 8 nitrogen and oxygen atoms in total. The third-order valence-electron chi connectivity index (χ3n) is 11.8. The standard InChI is InChI=1S/C30H44O8/c1-16-24(32)25(33)26(34)27(37-16)38-19-8-11-28(2)18(14-19)5-6-22-21(28)9-12-29(3)20(10-13-30(22,29)35)17-4-7-23(31)36-15-17/h4,14,16,19-22,24-27,32-35H,5-13,15H2,1-3H3/t16-,19-,20+,21-,22+,24-,25+,26+,27-,28-,29+,30-/m0/s1. The molecule has 12 atom stereocenters. The molecule has 0 spiro atoms. The van der Waals surface area contributed by atoms with Crippen LogP contribution in [0, 0.1) is 28.6 Å². The Morgan fingerprint density at radius 1 is 0.974 bits per heavy atom. The van der Waals surface area contributed by atoms with Crippen molar-refractivity contribution < 1.29 is 39.4 Å². The second-order valence-electron chi connectivity index (χ2n) is 13.4. The van der Waals surface area contributed by atoms with Crippen molar-refractivity contribution in [3.63, 3.8) is 0 Å². The van der Waals surface area contributed by atoms with Crippen LogP contribution in [0.25, 0.3) is 0 Å². The summed E-state index contributed by atoms with van der Waals surface area (Å²) in [6, 6.07) is 0. The van der Waals surface area contributed by atoms with E-state index in [2.05, 4.69) is 26.0 Å². The quantitative estimate of drug-likeness (QED) is 0.323. The minimum absolute atomic E-state index is 0.00734. The SMILES string of the molecule is C[C@@H]1O[C@@H](O[C@@H]2C=C3CC[C@@H]4[C@H](CC[C@]5(C)[C@@H](C6=CCC(=O)OC6)CC[C@]45O)[C@@]3(C)CC2)[C@H](O)[C@H](O)[C@H]1O. The highest BCUT2D eigenvalue weighted by Crippen LogP contribution is 2.69. The molecule has 6 aliphatic rings. The molecule has 0 aromatic heterocycles. The van der Waals surface area contributed by atoms with Crippen molar-refractivity contribution in [1.82, 2.24) is 0 Å². The average molecular weight is 533 g/mol. The van der Waals surface area contributed by atoms with E-state index in [1.165, 1.54) is 11.1 Å². The van der Waals surface area contributed by atoms with Gasteiger partial charge in [0.15, 0.2) is 6.29 Å². The number of cyclic esters (lactones) is 1. The summed E-state index contributed by atoms with van der Waals surface area (Å²) in [6.07, 6.45) is 6.35. The van der Waals surface area contributed by atoms with Gasteiger partial charge in [0.25, 0.3) is 0 Å². The van der Waals surface area contributed by atoms with Crippen molar-refractivity contribution in [3.05, 3.63) is 23.3 Å². The van der Waals surface area contributed by atoms with E-state index in [0.717, 1.165) is 51.4 Å². The number of esters is 1. The maximum Gasteiger partial charge on any atom is 0.309 e. The first-order valence-electron chi connectivity index (χ1n) is 14.6. The van der Waals surface area contributed by atoms with Gasteiger partial charge in [-0.15, -0.1) is 0 Å². The van der Waals surface area contributed by atoms with Crippen LogP contribution in [0.3, 0.4) is 0 Å². The highest BCUT2D eigenvalue weighted by molar-refractivity contribution is 5.72. The van der Waals surface area contributed by atoms with Gasteiger partial charge in [0.05, 0.1) is 24.2 Å². The van der Waals surface area contributed by atoms with Crippen LogP contribution >= 0.6 is 0 Å². The molecular formula is C30H44O8. The molecule has 3 saturated carbocycles. The molecule has 212 valence electrons. The molecule has 0 radical (unpaired) electrons. The Morgan fingerprint density at radius 2 is 1.76 bits per heavy atom. The van der Waals surface area contributed by atoms with E-state index < -0.39 is 36.3 Å². The van der Waals surface area contributed by atoms with E-state index >= 15 is 0 Å². The largest absolute Gasteiger partial charge is 0.461 e. The van der Waals surface area contributed by atoms with Crippen molar-refractivity contribution in [3.8, 4) is 0 Å². The zero-order valence-electron chi connectivity index (χ0n) is 22.8. The van der Waals surface area contributed by atoms with Crippen molar-refractivity contribution >= 4 is 5.97 Å². The molecule has 38 heavy (non-hydrogen) atoms. The molecule has 8 heteroatoms. The third kappa shape index (κ3) is 3.89. The Labute approximate surface area is 225 Å². The highest BCUT2D eigenvalue weighted by Gasteiger charge is 2.67. The van der Waals surface area contributed by atoms with Gasteiger partial charge in [-0.05, 0) is 87.0 Å². The Bertz CT molecular complexity index is 1020. The van der Waals surface area contributed by atoms with Crippen LogP contribution in [0.15, 0.2) is 23.3 Å². The van der Waals surface area contributed by atoms with E-state index in [1.54, 1.807) is 6.92 Å². The van der Waals surface area contributed by atoms with Gasteiger partial charge in [-0.3, -0.25) is 4.79 Å². The van der Waals surface area contributed by atoms with Crippen LogP contribution in [0.1, 0.15) is 78.6 Å². The number of aliphatic hydroxyl groups excluding tert-OH is 3. The summed E-state index contributed by atoms with van der Waals surface area (Å²) in [6.45, 7) is 6.67. The summed E-state index contributed by atoms with van der Waals surface area (Å²) >= 11 is 0. The smallest absolute Gasteiger partial charge is 0.309 e.